The summed E-state index contributed by atoms with van der Waals surface area (Å²) in [5.41, 5.74) is 2.13. The summed E-state index contributed by atoms with van der Waals surface area (Å²) in [6.45, 7) is 7.94. The highest BCUT2D eigenvalue weighted by molar-refractivity contribution is 7.89. The molecule has 33 heavy (non-hydrogen) atoms. The van der Waals surface area contributed by atoms with E-state index in [2.05, 4.69) is 5.32 Å². The summed E-state index contributed by atoms with van der Waals surface area (Å²) >= 11 is 0. The number of sulfonamides is 1. The average Bonchev–Trinajstić information content (AvgIpc) is 2.72. The van der Waals surface area contributed by atoms with Crippen LogP contribution in [-0.4, -0.2) is 43.9 Å². The molecule has 2 heterocycles. The van der Waals surface area contributed by atoms with E-state index in [9.17, 15) is 18.0 Å². The molecule has 1 amide bonds. The number of hydrogen-bond donors (Lipinski definition) is 1. The summed E-state index contributed by atoms with van der Waals surface area (Å²) in [7, 11) is -3.68. The third-order valence-electron chi connectivity index (χ3n) is 5.53. The Morgan fingerprint density at radius 3 is 2.30 bits per heavy atom. The quantitative estimate of drug-likeness (QED) is 0.626. The van der Waals surface area contributed by atoms with E-state index in [1.165, 1.54) is 34.6 Å². The summed E-state index contributed by atoms with van der Waals surface area (Å²) in [6.07, 6.45) is -0.377. The van der Waals surface area contributed by atoms with Crippen LogP contribution < -0.4 is 10.7 Å². The van der Waals surface area contributed by atoms with Gasteiger partial charge in [0, 0.05) is 24.8 Å². The summed E-state index contributed by atoms with van der Waals surface area (Å²) < 4.78 is 38.7. The van der Waals surface area contributed by atoms with Crippen molar-refractivity contribution in [2.75, 3.05) is 18.4 Å². The number of amides is 1. The van der Waals surface area contributed by atoms with Crippen LogP contribution >= 0.6 is 0 Å². The zero-order chi connectivity index (χ0) is 23.9. The standard InChI is InChI=1S/C24H26N2O6S/c1-14-9-15(2)23-20(27)11-22(32-21(23)10-14)24(28)25-18-5-7-19(8-6-18)33(29,30)26-12-16(3)31-17(4)13-26/h5-11,16-17H,12-13H2,1-4H3,(H,25,28)/t16-,17+. The Labute approximate surface area is 192 Å². The van der Waals surface area contributed by atoms with E-state index in [1.54, 1.807) is 6.07 Å². The van der Waals surface area contributed by atoms with Gasteiger partial charge in [-0.2, -0.15) is 4.31 Å². The second-order valence-electron chi connectivity index (χ2n) is 8.49. The van der Waals surface area contributed by atoms with Crippen molar-refractivity contribution in [3.05, 3.63) is 69.6 Å². The molecular formula is C24H26N2O6S. The lowest BCUT2D eigenvalue weighted by atomic mass is 10.1. The highest BCUT2D eigenvalue weighted by Crippen LogP contribution is 2.23. The number of rotatable bonds is 4. The summed E-state index contributed by atoms with van der Waals surface area (Å²) in [6, 6.07) is 10.7. The number of hydrogen-bond acceptors (Lipinski definition) is 6. The fourth-order valence-corrected chi connectivity index (χ4v) is 5.75. The first-order valence-electron chi connectivity index (χ1n) is 10.7. The van der Waals surface area contributed by atoms with Gasteiger partial charge in [-0.05, 0) is 69.2 Å². The number of nitrogens with one attached hydrogen (secondary N) is 1. The molecule has 1 N–H and O–H groups in total. The molecule has 1 fully saturated rings. The Morgan fingerprint density at radius 2 is 1.67 bits per heavy atom. The molecule has 4 rings (SSSR count). The largest absolute Gasteiger partial charge is 0.451 e. The maximum absolute atomic E-state index is 13.0. The maximum Gasteiger partial charge on any atom is 0.291 e. The van der Waals surface area contributed by atoms with Gasteiger partial charge in [0.15, 0.2) is 11.2 Å². The molecule has 9 heteroatoms. The minimum atomic E-state index is -3.68. The van der Waals surface area contributed by atoms with Gasteiger partial charge in [0.05, 0.1) is 22.5 Å². The number of fused-ring (bicyclic) bond motifs is 1. The van der Waals surface area contributed by atoms with E-state index < -0.39 is 15.9 Å². The van der Waals surface area contributed by atoms with Gasteiger partial charge in [-0.3, -0.25) is 9.59 Å². The van der Waals surface area contributed by atoms with Gasteiger partial charge in [0.1, 0.15) is 5.58 Å². The van der Waals surface area contributed by atoms with Crippen LogP contribution in [0.2, 0.25) is 0 Å². The maximum atomic E-state index is 13.0. The van der Waals surface area contributed by atoms with Crippen molar-refractivity contribution in [1.82, 2.24) is 4.31 Å². The first-order valence-corrected chi connectivity index (χ1v) is 12.1. The highest BCUT2D eigenvalue weighted by Gasteiger charge is 2.32. The minimum absolute atomic E-state index is 0.120. The van der Waals surface area contributed by atoms with Crippen molar-refractivity contribution >= 4 is 32.6 Å². The summed E-state index contributed by atoms with van der Waals surface area (Å²) in [5, 5.41) is 3.09. The van der Waals surface area contributed by atoms with Crippen molar-refractivity contribution in [2.24, 2.45) is 0 Å². The lowest BCUT2D eigenvalue weighted by molar-refractivity contribution is -0.0440. The zero-order valence-electron chi connectivity index (χ0n) is 18.9. The van der Waals surface area contributed by atoms with E-state index in [0.717, 1.165) is 11.1 Å². The summed E-state index contributed by atoms with van der Waals surface area (Å²) in [5.74, 6) is -0.718. The monoisotopic (exact) mass is 470 g/mol. The van der Waals surface area contributed by atoms with Crippen LogP contribution in [0.3, 0.4) is 0 Å². The van der Waals surface area contributed by atoms with Crippen molar-refractivity contribution in [3.63, 3.8) is 0 Å². The van der Waals surface area contributed by atoms with Crippen LogP contribution in [0.1, 0.15) is 35.5 Å². The average molecular weight is 471 g/mol. The smallest absolute Gasteiger partial charge is 0.291 e. The first-order chi connectivity index (χ1) is 15.5. The van der Waals surface area contributed by atoms with Crippen LogP contribution in [0.15, 0.2) is 56.6 Å². The van der Waals surface area contributed by atoms with Crippen LogP contribution in [0.4, 0.5) is 5.69 Å². The van der Waals surface area contributed by atoms with Gasteiger partial charge < -0.3 is 14.5 Å². The number of carbonyl (C=O) groups is 1. The normalized spacial score (nSPS) is 19.5. The van der Waals surface area contributed by atoms with Gasteiger partial charge >= 0.3 is 0 Å². The van der Waals surface area contributed by atoms with E-state index in [4.69, 9.17) is 9.15 Å². The molecule has 1 saturated heterocycles. The van der Waals surface area contributed by atoms with Crippen LogP contribution in [-0.2, 0) is 14.8 Å². The van der Waals surface area contributed by atoms with Crippen molar-refractivity contribution < 1.29 is 22.4 Å². The predicted octanol–water partition coefficient (Wildman–Crippen LogP) is 3.46. The van der Waals surface area contributed by atoms with Gasteiger partial charge in [-0.15, -0.1) is 0 Å². The molecule has 0 radical (unpaired) electrons. The van der Waals surface area contributed by atoms with Crippen LogP contribution in [0.5, 0.6) is 0 Å². The molecule has 1 aliphatic heterocycles. The Bertz CT molecular complexity index is 1370. The molecule has 2 aromatic carbocycles. The SMILES string of the molecule is Cc1cc(C)c2c(=O)cc(C(=O)Nc3ccc(S(=O)(=O)N4C[C@@H](C)O[C@@H](C)C4)cc3)oc2c1. The third-order valence-corrected chi connectivity index (χ3v) is 7.38. The third kappa shape index (κ3) is 4.71. The number of anilines is 1. The molecule has 1 aliphatic rings. The Balaban J connectivity index is 1.55. The van der Waals surface area contributed by atoms with Crippen molar-refractivity contribution in [1.29, 1.82) is 0 Å². The molecule has 0 unspecified atom stereocenters. The lowest BCUT2D eigenvalue weighted by Crippen LogP contribution is -2.48. The molecule has 8 nitrogen and oxygen atoms in total. The molecule has 0 aliphatic carbocycles. The second kappa shape index (κ2) is 8.74. The van der Waals surface area contributed by atoms with E-state index >= 15 is 0 Å². The molecular weight excluding hydrogens is 444 g/mol. The van der Waals surface area contributed by atoms with E-state index in [1.807, 2.05) is 33.8 Å². The molecule has 174 valence electrons. The molecule has 0 saturated carbocycles. The highest BCUT2D eigenvalue weighted by atomic mass is 32.2. The van der Waals surface area contributed by atoms with Gasteiger partial charge in [0.25, 0.3) is 5.91 Å². The first kappa shape index (κ1) is 23.2. The number of aryl methyl sites for hydroxylation is 2. The molecule has 0 bridgehead atoms. The molecule has 1 aromatic heterocycles. The topological polar surface area (TPSA) is 106 Å². The molecule has 3 aromatic rings. The van der Waals surface area contributed by atoms with E-state index in [-0.39, 0.29) is 41.4 Å². The minimum Gasteiger partial charge on any atom is -0.451 e. The van der Waals surface area contributed by atoms with E-state index in [0.29, 0.717) is 16.7 Å². The van der Waals surface area contributed by atoms with Crippen LogP contribution in [0.25, 0.3) is 11.0 Å². The molecule has 0 spiro atoms. The fraction of sp³-hybridized carbons (Fsp3) is 0.333. The predicted molar refractivity (Wildman–Crippen MR) is 125 cm³/mol. The van der Waals surface area contributed by atoms with Crippen LogP contribution in [0, 0.1) is 13.8 Å². The number of nitrogens with zero attached hydrogens (tertiary/aromatic N) is 1. The molecule has 2 atom stereocenters. The van der Waals surface area contributed by atoms with Crippen molar-refractivity contribution in [3.8, 4) is 0 Å². The lowest BCUT2D eigenvalue weighted by Gasteiger charge is -2.34. The zero-order valence-corrected chi connectivity index (χ0v) is 19.7. The Kier molecular flexibility index (Phi) is 6.13. The summed E-state index contributed by atoms with van der Waals surface area (Å²) in [4.78, 5) is 25.3. The Morgan fingerprint density at radius 1 is 1.03 bits per heavy atom. The number of ether oxygens (including phenoxy) is 1. The van der Waals surface area contributed by atoms with Crippen molar-refractivity contribution in [2.45, 2.75) is 44.8 Å². The number of carbonyl (C=O) groups excluding carboxylic acids is 1. The fourth-order valence-electron chi connectivity index (χ4n) is 4.15. The Hall–Kier alpha value is -3.01. The van der Waals surface area contributed by atoms with Gasteiger partial charge in [-0.1, -0.05) is 6.07 Å². The number of benzene rings is 2. The van der Waals surface area contributed by atoms with Gasteiger partial charge in [-0.25, -0.2) is 8.42 Å². The number of morpholine rings is 1. The van der Waals surface area contributed by atoms with Gasteiger partial charge in [0.2, 0.25) is 10.0 Å². The second-order valence-corrected chi connectivity index (χ2v) is 10.4.